The first-order valence-electron chi connectivity index (χ1n) is 13.4. The van der Waals surface area contributed by atoms with Gasteiger partial charge in [-0.1, -0.05) is 0 Å². The van der Waals surface area contributed by atoms with E-state index in [4.69, 9.17) is 0 Å². The fourth-order valence-corrected chi connectivity index (χ4v) is 6.21. The number of carboxylic acid groups (broad SMARTS) is 1. The van der Waals surface area contributed by atoms with E-state index in [1.54, 1.807) is 41.5 Å². The molecule has 4 rings (SSSR count). The van der Waals surface area contributed by atoms with E-state index in [0.29, 0.717) is 50.5 Å². The van der Waals surface area contributed by atoms with E-state index >= 15 is 0 Å². The van der Waals surface area contributed by atoms with Crippen molar-refractivity contribution in [1.29, 1.82) is 0 Å². The molecule has 0 bridgehead atoms. The number of rotatable bonds is 7. The number of hydrogen-bond donors (Lipinski definition) is 1. The van der Waals surface area contributed by atoms with Crippen molar-refractivity contribution in [3.05, 3.63) is 85.8 Å². The quantitative estimate of drug-likeness (QED) is 0.210. The molecule has 0 saturated carbocycles. The number of aromatic nitrogens is 2. The van der Waals surface area contributed by atoms with E-state index in [1.807, 2.05) is 26.0 Å². The summed E-state index contributed by atoms with van der Waals surface area (Å²) in [7, 11) is -5.92. The van der Waals surface area contributed by atoms with Gasteiger partial charge in [0.2, 0.25) is 0 Å². The third-order valence-electron chi connectivity index (χ3n) is 7.84. The number of aliphatic imine (C=N–C) groups is 2. The minimum atomic E-state index is -3.00. The Morgan fingerprint density at radius 2 is 1.29 bits per heavy atom. The molecule has 218 valence electrons. The molecular weight excluding hydrogens is 546 g/mol. The van der Waals surface area contributed by atoms with Gasteiger partial charge in [0.1, 0.15) is 0 Å². The van der Waals surface area contributed by atoms with Crippen molar-refractivity contribution in [3.8, 4) is 0 Å². The average Bonchev–Trinajstić information content (AvgIpc) is 3.55. The molecule has 2 aromatic heterocycles. The van der Waals surface area contributed by atoms with Gasteiger partial charge in [-0.15, -0.1) is 0 Å². The molecule has 0 spiro atoms. The predicted molar refractivity (Wildman–Crippen MR) is 164 cm³/mol. The molecule has 6 nitrogen and oxygen atoms in total. The second-order valence-corrected chi connectivity index (χ2v) is 10.7. The van der Waals surface area contributed by atoms with E-state index < -0.39 is 20.8 Å². The maximum atomic E-state index is 14.9. The summed E-state index contributed by atoms with van der Waals surface area (Å²) in [6.45, 7) is 15.4. The third kappa shape index (κ3) is 5.07. The molecule has 42 heavy (non-hydrogen) atoms. The Morgan fingerprint density at radius 3 is 1.74 bits per heavy atom. The van der Waals surface area contributed by atoms with Crippen LogP contribution in [0.15, 0.2) is 50.8 Å². The number of aliphatic carboxylic acids is 1. The molecule has 0 aromatic carbocycles. The summed E-state index contributed by atoms with van der Waals surface area (Å²) in [6.07, 6.45) is 5.86. The SMILES string of the molecule is CC1=CC(C)=N/C1=C(/c1c(C)c(/C(C)=C2\N=C(C)C=C2C)n(B(F)F)c1C)c1c(C)c(/C=C/C(=O)O)c(C)n1B(F)F. The van der Waals surface area contributed by atoms with E-state index in [0.717, 1.165) is 26.3 Å². The Kier molecular flexibility index (Phi) is 8.31. The Labute approximate surface area is 243 Å². The van der Waals surface area contributed by atoms with Gasteiger partial charge in [0, 0.05) is 51.4 Å². The Balaban J connectivity index is 2.21. The standard InChI is InChI=1S/C30H32B2F4N4O2/c1-14-12-16(3)37-27(14)20(7)29-19(6)25(22(9)40(29)32(35)36)26(28-15(2)13-17(4)38-28)30-18(5)23(10-11-24(41)42)21(8)39(30)31(33)34/h10-13H,1-9H3,(H,41,42)/b11-10+,27-20-,28-26-. The number of hydrogen-bond acceptors (Lipinski definition) is 3. The van der Waals surface area contributed by atoms with Crippen molar-refractivity contribution >= 4 is 49.4 Å². The van der Waals surface area contributed by atoms with E-state index in [9.17, 15) is 27.2 Å². The van der Waals surface area contributed by atoms with Crippen molar-refractivity contribution in [1.82, 2.24) is 8.96 Å². The minimum absolute atomic E-state index is 0.0917. The highest BCUT2D eigenvalue weighted by atomic mass is 19.2. The van der Waals surface area contributed by atoms with Crippen molar-refractivity contribution in [2.45, 2.75) is 62.3 Å². The largest absolute Gasteiger partial charge is 0.677 e. The summed E-state index contributed by atoms with van der Waals surface area (Å²) >= 11 is 0. The maximum Gasteiger partial charge on any atom is 0.677 e. The van der Waals surface area contributed by atoms with Crippen LogP contribution in [-0.4, -0.2) is 46.3 Å². The average molecular weight is 578 g/mol. The van der Waals surface area contributed by atoms with Crippen LogP contribution in [0.1, 0.15) is 79.6 Å². The van der Waals surface area contributed by atoms with E-state index in [-0.39, 0.29) is 28.3 Å². The summed E-state index contributed by atoms with van der Waals surface area (Å²) in [4.78, 5) is 20.6. The molecule has 0 fully saturated rings. The van der Waals surface area contributed by atoms with Crippen molar-refractivity contribution in [2.75, 3.05) is 0 Å². The van der Waals surface area contributed by atoms with Gasteiger partial charge in [-0.2, -0.15) is 0 Å². The highest BCUT2D eigenvalue weighted by molar-refractivity contribution is 6.42. The maximum absolute atomic E-state index is 14.9. The van der Waals surface area contributed by atoms with Crippen LogP contribution in [0, 0.1) is 27.7 Å². The number of carbonyl (C=O) groups is 1. The lowest BCUT2D eigenvalue weighted by Crippen LogP contribution is -2.19. The topological polar surface area (TPSA) is 71.9 Å². The normalized spacial score (nSPS) is 17.5. The predicted octanol–water partition coefficient (Wildman–Crippen LogP) is 7.50. The van der Waals surface area contributed by atoms with Crippen LogP contribution >= 0.6 is 0 Å². The van der Waals surface area contributed by atoms with Crippen molar-refractivity contribution in [3.63, 3.8) is 0 Å². The van der Waals surface area contributed by atoms with Crippen LogP contribution in [0.3, 0.4) is 0 Å². The van der Waals surface area contributed by atoms with Crippen LogP contribution in [-0.2, 0) is 4.79 Å². The van der Waals surface area contributed by atoms with Gasteiger partial charge in [-0.25, -0.2) is 4.79 Å². The molecule has 2 aromatic rings. The zero-order valence-electron chi connectivity index (χ0n) is 25.1. The molecule has 1 N–H and O–H groups in total. The molecule has 0 saturated heterocycles. The molecule has 0 unspecified atom stereocenters. The fourth-order valence-electron chi connectivity index (χ4n) is 6.21. The monoisotopic (exact) mass is 578 g/mol. The first-order chi connectivity index (χ1) is 19.6. The second kappa shape index (κ2) is 11.3. The molecule has 4 heterocycles. The minimum Gasteiger partial charge on any atom is -0.478 e. The number of nitrogens with zero attached hydrogens (tertiary/aromatic N) is 4. The number of allylic oxidation sites excluding steroid dienone is 5. The summed E-state index contributed by atoms with van der Waals surface area (Å²) < 4.78 is 61.2. The zero-order chi connectivity index (χ0) is 31.4. The molecule has 0 radical (unpaired) electrons. The second-order valence-electron chi connectivity index (χ2n) is 10.7. The molecule has 2 aliphatic heterocycles. The summed E-state index contributed by atoms with van der Waals surface area (Å²) in [5.74, 6) is -1.23. The zero-order valence-corrected chi connectivity index (χ0v) is 25.1. The summed E-state index contributed by atoms with van der Waals surface area (Å²) in [6, 6.07) is 0. The van der Waals surface area contributed by atoms with Gasteiger partial charge >= 0.3 is 20.8 Å². The lowest BCUT2D eigenvalue weighted by atomic mass is 9.90. The first-order valence-corrected chi connectivity index (χ1v) is 13.4. The molecule has 0 atom stereocenters. The molecule has 2 aliphatic rings. The van der Waals surface area contributed by atoms with Gasteiger partial charge in [0.15, 0.2) is 0 Å². The van der Waals surface area contributed by atoms with Gasteiger partial charge in [0.05, 0.1) is 11.4 Å². The number of carboxylic acids is 1. The Morgan fingerprint density at radius 1 is 0.786 bits per heavy atom. The lowest BCUT2D eigenvalue weighted by Gasteiger charge is -2.18. The van der Waals surface area contributed by atoms with Crippen molar-refractivity contribution < 1.29 is 27.2 Å². The molecule has 0 aliphatic carbocycles. The van der Waals surface area contributed by atoms with Gasteiger partial charge in [-0.05, 0) is 114 Å². The molecule has 0 amide bonds. The molecule has 12 heteroatoms. The molecular formula is C30H32B2F4N4O2. The smallest absolute Gasteiger partial charge is 0.478 e. The number of halogens is 4. The van der Waals surface area contributed by atoms with E-state index in [2.05, 4.69) is 9.98 Å². The highest BCUT2D eigenvalue weighted by Crippen LogP contribution is 2.44. The Bertz CT molecular complexity index is 1750. The third-order valence-corrected chi connectivity index (χ3v) is 7.84. The van der Waals surface area contributed by atoms with Crippen molar-refractivity contribution in [2.24, 2.45) is 9.98 Å². The van der Waals surface area contributed by atoms with Crippen LogP contribution < -0.4 is 0 Å². The van der Waals surface area contributed by atoms with E-state index in [1.165, 1.54) is 13.0 Å². The fraction of sp³-hybridized carbons (Fsp3) is 0.300. The van der Waals surface area contributed by atoms with Crippen LogP contribution in [0.5, 0.6) is 0 Å². The highest BCUT2D eigenvalue weighted by Gasteiger charge is 2.36. The summed E-state index contributed by atoms with van der Waals surface area (Å²) in [5.41, 5.74) is 6.96. The lowest BCUT2D eigenvalue weighted by molar-refractivity contribution is -0.131. The summed E-state index contributed by atoms with van der Waals surface area (Å²) in [5, 5.41) is 9.23. The Hall–Kier alpha value is -4.08. The van der Waals surface area contributed by atoms with Crippen LogP contribution in [0.25, 0.3) is 17.2 Å². The van der Waals surface area contributed by atoms with Gasteiger partial charge in [-0.3, -0.25) is 27.2 Å². The van der Waals surface area contributed by atoms with Crippen LogP contribution in [0.4, 0.5) is 17.3 Å². The van der Waals surface area contributed by atoms with Gasteiger partial charge < -0.3 is 14.1 Å². The van der Waals surface area contributed by atoms with Crippen LogP contribution in [0.2, 0.25) is 0 Å². The first kappa shape index (κ1) is 30.9. The van der Waals surface area contributed by atoms with Gasteiger partial charge in [0.25, 0.3) is 0 Å².